The SMILES string of the molecule is [C-]#[N+]c1c(-c2ccccc2)c(C#N)c(-n2c3cccc(C)c3c3ccc4c5ccccc5sc4c32)c(-c2ccccc2)c1-n1c2c(ccc3c4ccccc4oc32)c2ccc3c4ccccc4sc3c21. The maximum absolute atomic E-state index is 12.1. The molecule has 7 heteroatoms. The molecule has 10 aromatic carbocycles. The molecule has 0 fully saturated rings. The maximum Gasteiger partial charge on any atom is 0.220 e. The van der Waals surface area contributed by atoms with Crippen LogP contribution in [0, 0.1) is 24.8 Å². The van der Waals surface area contributed by atoms with E-state index in [-0.39, 0.29) is 0 Å². The number of rotatable bonds is 4. The van der Waals surface area contributed by atoms with Crippen molar-refractivity contribution in [1.82, 2.24) is 9.13 Å². The molecule has 0 amide bonds. The number of fused-ring (bicyclic) bond motifs is 18. The molecular formula is C63H34N4OS2. The Labute approximate surface area is 407 Å². The number of furan rings is 1. The molecule has 0 aliphatic heterocycles. The van der Waals surface area contributed by atoms with E-state index in [4.69, 9.17) is 4.42 Å². The van der Waals surface area contributed by atoms with Crippen molar-refractivity contribution in [1.29, 1.82) is 5.26 Å². The molecule has 5 heterocycles. The summed E-state index contributed by atoms with van der Waals surface area (Å²) in [6.07, 6.45) is 0. The van der Waals surface area contributed by atoms with Crippen LogP contribution < -0.4 is 0 Å². The normalized spacial score (nSPS) is 12.0. The topological polar surface area (TPSA) is 51.1 Å². The van der Waals surface area contributed by atoms with Gasteiger partial charge in [-0.25, -0.2) is 4.85 Å². The Balaban J connectivity index is 1.27. The van der Waals surface area contributed by atoms with E-state index >= 15 is 0 Å². The van der Waals surface area contributed by atoms with Gasteiger partial charge in [-0.15, -0.1) is 22.7 Å². The lowest BCUT2D eigenvalue weighted by molar-refractivity contribution is 0.671. The van der Waals surface area contributed by atoms with Crippen LogP contribution in [0.25, 0.3) is 144 Å². The van der Waals surface area contributed by atoms with Gasteiger partial charge in [0.05, 0.1) is 55.0 Å². The minimum Gasteiger partial charge on any atom is -0.454 e. The number of nitriles is 1. The Morgan fingerprint density at radius 1 is 0.486 bits per heavy atom. The molecule has 70 heavy (non-hydrogen) atoms. The monoisotopic (exact) mass is 926 g/mol. The second kappa shape index (κ2) is 14.5. The van der Waals surface area contributed by atoms with Gasteiger partial charge < -0.3 is 13.6 Å². The minimum absolute atomic E-state index is 0.388. The fourth-order valence-corrected chi connectivity index (χ4v) is 14.1. The summed E-state index contributed by atoms with van der Waals surface area (Å²) in [6, 6.07) is 68.7. The first-order valence-electron chi connectivity index (χ1n) is 23.3. The molecule has 5 nitrogen and oxygen atoms in total. The number of nitrogens with zero attached hydrogens (tertiary/aromatic N) is 4. The van der Waals surface area contributed by atoms with Crippen molar-refractivity contribution >= 4 is 134 Å². The molecule has 0 N–H and O–H groups in total. The smallest absolute Gasteiger partial charge is 0.220 e. The van der Waals surface area contributed by atoms with E-state index in [0.717, 1.165) is 114 Å². The molecule has 0 spiro atoms. The van der Waals surface area contributed by atoms with E-state index in [1.54, 1.807) is 22.7 Å². The second-order valence-electron chi connectivity index (χ2n) is 18.1. The van der Waals surface area contributed by atoms with Crippen LogP contribution in [0.5, 0.6) is 0 Å². The predicted molar refractivity (Wildman–Crippen MR) is 295 cm³/mol. The van der Waals surface area contributed by atoms with E-state index in [2.05, 4.69) is 166 Å². The Hall–Kier alpha value is -8.98. The molecule has 0 saturated carbocycles. The van der Waals surface area contributed by atoms with Crippen molar-refractivity contribution in [2.24, 2.45) is 0 Å². The largest absolute Gasteiger partial charge is 0.454 e. The van der Waals surface area contributed by atoms with E-state index in [0.29, 0.717) is 22.5 Å². The standard InChI is InChI=1S/C63H34N4OS2/c1-35-16-15-24-48-52(35)46-33-32-45-40-23-11-14-27-51(40)70-63(45)59(46)66(48)56-47(34-64)53(36-17-5-3-6-18-36)55(65-2)60(54(56)37-19-7-4-8-20-37)67-57-41(28-30-43-38-21-9-12-25-49(38)68-61(43)57)42-29-31-44-39-22-10-13-26-50(39)69-62(44)58(42)67/h3-33H,1H3. The lowest BCUT2D eigenvalue weighted by Crippen LogP contribution is -2.09. The van der Waals surface area contributed by atoms with Crippen LogP contribution in [-0.2, 0) is 0 Å². The summed E-state index contributed by atoms with van der Waals surface area (Å²) in [7, 11) is 0. The van der Waals surface area contributed by atoms with Crippen LogP contribution in [0.15, 0.2) is 192 Å². The Morgan fingerprint density at radius 2 is 1.03 bits per heavy atom. The summed E-state index contributed by atoms with van der Waals surface area (Å²) >= 11 is 3.56. The highest BCUT2D eigenvalue weighted by molar-refractivity contribution is 7.27. The van der Waals surface area contributed by atoms with Gasteiger partial charge in [0.25, 0.3) is 0 Å². The lowest BCUT2D eigenvalue weighted by atomic mass is 9.88. The molecule has 15 aromatic rings. The second-order valence-corrected chi connectivity index (χ2v) is 20.2. The number of hydrogen-bond donors (Lipinski definition) is 0. The number of hydrogen-bond acceptors (Lipinski definition) is 4. The number of para-hydroxylation sites is 1. The first-order chi connectivity index (χ1) is 34.6. The molecular weight excluding hydrogens is 893 g/mol. The highest BCUT2D eigenvalue weighted by Crippen LogP contribution is 2.55. The predicted octanol–water partition coefficient (Wildman–Crippen LogP) is 18.6. The zero-order valence-corrected chi connectivity index (χ0v) is 39.0. The van der Waals surface area contributed by atoms with Crippen molar-refractivity contribution in [3.8, 4) is 39.7 Å². The molecule has 0 saturated heterocycles. The molecule has 15 rings (SSSR count). The van der Waals surface area contributed by atoms with Gasteiger partial charge >= 0.3 is 0 Å². The molecule has 0 aliphatic rings. The van der Waals surface area contributed by atoms with Gasteiger partial charge in [0.2, 0.25) is 5.69 Å². The van der Waals surface area contributed by atoms with Gasteiger partial charge in [-0.05, 0) is 53.9 Å². The summed E-state index contributed by atoms with van der Waals surface area (Å²) in [5, 5.41) is 23.1. The maximum atomic E-state index is 12.1. The third-order valence-electron chi connectivity index (χ3n) is 14.5. The molecule has 0 aliphatic carbocycles. The fraction of sp³-hybridized carbons (Fsp3) is 0.0159. The van der Waals surface area contributed by atoms with Crippen molar-refractivity contribution in [2.75, 3.05) is 0 Å². The molecule has 5 aromatic heterocycles. The summed E-state index contributed by atoms with van der Waals surface area (Å²) < 4.78 is 16.4. The van der Waals surface area contributed by atoms with Gasteiger partial charge in [-0.1, -0.05) is 158 Å². The van der Waals surface area contributed by atoms with Gasteiger partial charge in [-0.3, -0.25) is 0 Å². The number of aryl methyl sites for hydroxylation is 1. The van der Waals surface area contributed by atoms with Crippen LogP contribution in [-0.4, -0.2) is 9.13 Å². The van der Waals surface area contributed by atoms with Gasteiger partial charge in [0, 0.05) is 74.4 Å². The average molecular weight is 927 g/mol. The summed E-state index contributed by atoms with van der Waals surface area (Å²) in [6.45, 7) is 11.7. The zero-order chi connectivity index (χ0) is 46.4. The molecule has 0 atom stereocenters. The van der Waals surface area contributed by atoms with Crippen LogP contribution in [0.4, 0.5) is 5.69 Å². The number of benzene rings is 10. The first kappa shape index (κ1) is 39.1. The first-order valence-corrected chi connectivity index (χ1v) is 24.9. The zero-order valence-electron chi connectivity index (χ0n) is 37.4. The van der Waals surface area contributed by atoms with Gasteiger partial charge in [0.1, 0.15) is 11.7 Å². The van der Waals surface area contributed by atoms with E-state index in [9.17, 15) is 11.8 Å². The fourth-order valence-electron chi connectivity index (χ4n) is 11.6. The number of thiophene rings is 2. The summed E-state index contributed by atoms with van der Waals surface area (Å²) in [5.41, 5.74) is 11.8. The Morgan fingerprint density at radius 3 is 1.69 bits per heavy atom. The lowest BCUT2D eigenvalue weighted by Gasteiger charge is -2.26. The quantitative estimate of drug-likeness (QED) is 0.165. The molecule has 0 unspecified atom stereocenters. The van der Waals surface area contributed by atoms with E-state index < -0.39 is 0 Å². The van der Waals surface area contributed by atoms with Crippen LogP contribution in [0.3, 0.4) is 0 Å². The molecule has 0 radical (unpaired) electrons. The summed E-state index contributed by atoms with van der Waals surface area (Å²) in [5.74, 6) is 0. The highest BCUT2D eigenvalue weighted by atomic mass is 32.1. The van der Waals surface area contributed by atoms with E-state index in [1.165, 1.54) is 20.2 Å². The van der Waals surface area contributed by atoms with Crippen LogP contribution >= 0.6 is 22.7 Å². The van der Waals surface area contributed by atoms with E-state index in [1.807, 2.05) is 48.5 Å². The van der Waals surface area contributed by atoms with Crippen LogP contribution in [0.1, 0.15) is 11.1 Å². The van der Waals surface area contributed by atoms with Crippen molar-refractivity contribution in [3.05, 3.63) is 211 Å². The van der Waals surface area contributed by atoms with Gasteiger partial charge in [-0.2, -0.15) is 5.26 Å². The Kier molecular flexibility index (Phi) is 8.10. The highest BCUT2D eigenvalue weighted by Gasteiger charge is 2.34. The third-order valence-corrected chi connectivity index (χ3v) is 16.9. The minimum atomic E-state index is 0.388. The van der Waals surface area contributed by atoms with Crippen LogP contribution in [0.2, 0.25) is 0 Å². The Bertz CT molecular complexity index is 4730. The van der Waals surface area contributed by atoms with Crippen molar-refractivity contribution in [3.63, 3.8) is 0 Å². The van der Waals surface area contributed by atoms with Gasteiger partial charge in [0.15, 0.2) is 5.58 Å². The third kappa shape index (κ3) is 5.12. The van der Waals surface area contributed by atoms with Crippen molar-refractivity contribution in [2.45, 2.75) is 6.92 Å². The average Bonchev–Trinajstić information content (AvgIpc) is 4.23. The number of aromatic nitrogens is 2. The molecule has 0 bridgehead atoms. The summed E-state index contributed by atoms with van der Waals surface area (Å²) in [4.78, 5) is 4.64. The molecule has 324 valence electrons. The van der Waals surface area contributed by atoms with Crippen molar-refractivity contribution < 1.29 is 4.42 Å².